The third-order valence-electron chi connectivity index (χ3n) is 3.15. The molecule has 0 radical (unpaired) electrons. The van der Waals surface area contributed by atoms with Crippen LogP contribution in [0.3, 0.4) is 0 Å². The van der Waals surface area contributed by atoms with Gasteiger partial charge in [-0.25, -0.2) is 0 Å². The van der Waals surface area contributed by atoms with E-state index in [2.05, 4.69) is 0 Å². The summed E-state index contributed by atoms with van der Waals surface area (Å²) < 4.78 is 10.8. The zero-order valence-electron chi connectivity index (χ0n) is 10.4. The summed E-state index contributed by atoms with van der Waals surface area (Å²) in [5.41, 5.74) is 0.0989. The van der Waals surface area contributed by atoms with E-state index in [9.17, 15) is 14.9 Å². The van der Waals surface area contributed by atoms with Gasteiger partial charge in [-0.15, -0.1) is 0 Å². The van der Waals surface area contributed by atoms with Crippen LogP contribution in [-0.2, 0) is 4.74 Å². The standard InChI is InChI=1S/C13H15NO5/c15-8-11-7-12(14(16)17)1-2-13(11)19-9-10-3-5-18-6-4-10/h1-2,7-8,10H,3-6,9H2. The van der Waals surface area contributed by atoms with Crippen molar-refractivity contribution in [2.75, 3.05) is 19.8 Å². The Bertz CT molecular complexity index is 468. The van der Waals surface area contributed by atoms with Crippen LogP contribution in [0.25, 0.3) is 0 Å². The molecule has 19 heavy (non-hydrogen) atoms. The Balaban J connectivity index is 2.02. The molecule has 1 fully saturated rings. The monoisotopic (exact) mass is 265 g/mol. The molecule has 0 spiro atoms. The van der Waals surface area contributed by atoms with Crippen molar-refractivity contribution in [2.24, 2.45) is 5.92 Å². The van der Waals surface area contributed by atoms with Gasteiger partial charge in [0.25, 0.3) is 5.69 Å². The predicted molar refractivity (Wildman–Crippen MR) is 67.5 cm³/mol. The number of hydrogen-bond acceptors (Lipinski definition) is 5. The molecule has 0 aliphatic carbocycles. The van der Waals surface area contributed by atoms with Crippen molar-refractivity contribution in [3.63, 3.8) is 0 Å². The quantitative estimate of drug-likeness (QED) is 0.463. The molecule has 6 nitrogen and oxygen atoms in total. The van der Waals surface area contributed by atoms with Crippen LogP contribution < -0.4 is 4.74 Å². The molecule has 0 N–H and O–H groups in total. The number of ether oxygens (including phenoxy) is 2. The van der Waals surface area contributed by atoms with Crippen LogP contribution in [0.2, 0.25) is 0 Å². The zero-order valence-corrected chi connectivity index (χ0v) is 10.4. The van der Waals surface area contributed by atoms with Gasteiger partial charge in [-0.3, -0.25) is 14.9 Å². The van der Waals surface area contributed by atoms with Crippen LogP contribution in [0.1, 0.15) is 23.2 Å². The summed E-state index contributed by atoms with van der Waals surface area (Å²) in [5.74, 6) is 0.801. The number of nitrogens with zero attached hydrogens (tertiary/aromatic N) is 1. The summed E-state index contributed by atoms with van der Waals surface area (Å²) in [7, 11) is 0. The minimum Gasteiger partial charge on any atom is -0.493 e. The molecule has 1 aromatic rings. The summed E-state index contributed by atoms with van der Waals surface area (Å²) in [6, 6.07) is 4.04. The average Bonchev–Trinajstić information content (AvgIpc) is 2.45. The number of rotatable bonds is 5. The molecule has 6 heteroatoms. The fourth-order valence-electron chi connectivity index (χ4n) is 1.99. The Morgan fingerprint density at radius 2 is 2.16 bits per heavy atom. The van der Waals surface area contributed by atoms with Crippen LogP contribution in [0.5, 0.6) is 5.75 Å². The molecule has 0 atom stereocenters. The number of nitro groups is 1. The van der Waals surface area contributed by atoms with Crippen molar-refractivity contribution in [3.8, 4) is 5.75 Å². The van der Waals surface area contributed by atoms with Gasteiger partial charge in [0.2, 0.25) is 0 Å². The Hall–Kier alpha value is -1.95. The van der Waals surface area contributed by atoms with Crippen LogP contribution in [0.15, 0.2) is 18.2 Å². The first-order valence-corrected chi connectivity index (χ1v) is 6.15. The predicted octanol–water partition coefficient (Wildman–Crippen LogP) is 2.21. The van der Waals surface area contributed by atoms with Crippen LogP contribution in [0, 0.1) is 16.0 Å². The first-order valence-electron chi connectivity index (χ1n) is 6.15. The highest BCUT2D eigenvalue weighted by atomic mass is 16.6. The minimum atomic E-state index is -0.532. The van der Waals surface area contributed by atoms with E-state index in [1.54, 1.807) is 0 Å². The normalized spacial score (nSPS) is 16.0. The highest BCUT2D eigenvalue weighted by molar-refractivity contribution is 5.80. The Kier molecular flexibility index (Phi) is 4.46. The lowest BCUT2D eigenvalue weighted by Gasteiger charge is -2.22. The first-order chi connectivity index (χ1) is 9.20. The number of carbonyl (C=O) groups is 1. The van der Waals surface area contributed by atoms with Gasteiger partial charge < -0.3 is 9.47 Å². The highest BCUT2D eigenvalue weighted by Crippen LogP contribution is 2.24. The lowest BCUT2D eigenvalue weighted by Crippen LogP contribution is -2.21. The van der Waals surface area contributed by atoms with Crippen LogP contribution in [0.4, 0.5) is 5.69 Å². The molecule has 102 valence electrons. The summed E-state index contributed by atoms with van der Waals surface area (Å²) in [6.07, 6.45) is 2.44. The van der Waals surface area contributed by atoms with Gasteiger partial charge in [0, 0.05) is 25.3 Å². The molecule has 0 amide bonds. The maximum Gasteiger partial charge on any atom is 0.270 e. The molecular weight excluding hydrogens is 250 g/mol. The SMILES string of the molecule is O=Cc1cc([N+](=O)[O-])ccc1OCC1CCOCC1. The lowest BCUT2D eigenvalue weighted by atomic mass is 10.0. The van der Waals surface area contributed by atoms with Crippen molar-refractivity contribution < 1.29 is 19.2 Å². The van der Waals surface area contributed by atoms with E-state index < -0.39 is 4.92 Å². The maximum atomic E-state index is 10.9. The van der Waals surface area contributed by atoms with E-state index in [1.807, 2.05) is 0 Å². The molecule has 0 saturated carbocycles. The fraction of sp³-hybridized carbons (Fsp3) is 0.462. The Morgan fingerprint density at radius 3 is 2.79 bits per heavy atom. The molecule has 1 saturated heterocycles. The van der Waals surface area contributed by atoms with Crippen molar-refractivity contribution in [2.45, 2.75) is 12.8 Å². The van der Waals surface area contributed by atoms with Gasteiger partial charge in [0.05, 0.1) is 17.1 Å². The molecule has 0 aromatic heterocycles. The van der Waals surface area contributed by atoms with Crippen molar-refractivity contribution in [1.29, 1.82) is 0 Å². The van der Waals surface area contributed by atoms with E-state index in [1.165, 1.54) is 18.2 Å². The van der Waals surface area contributed by atoms with E-state index in [0.29, 0.717) is 24.6 Å². The summed E-state index contributed by atoms with van der Waals surface area (Å²) in [4.78, 5) is 21.0. The van der Waals surface area contributed by atoms with Gasteiger partial charge in [-0.2, -0.15) is 0 Å². The van der Waals surface area contributed by atoms with Crippen molar-refractivity contribution in [3.05, 3.63) is 33.9 Å². The molecule has 1 aliphatic heterocycles. The van der Waals surface area contributed by atoms with E-state index in [0.717, 1.165) is 26.1 Å². The average molecular weight is 265 g/mol. The number of aldehydes is 1. The second-order valence-electron chi connectivity index (χ2n) is 4.46. The fourth-order valence-corrected chi connectivity index (χ4v) is 1.99. The number of non-ortho nitro benzene ring substituents is 1. The largest absolute Gasteiger partial charge is 0.493 e. The number of nitro benzene ring substituents is 1. The third-order valence-corrected chi connectivity index (χ3v) is 3.15. The van der Waals surface area contributed by atoms with Crippen molar-refractivity contribution >= 4 is 12.0 Å². The molecule has 1 aliphatic rings. The molecule has 1 heterocycles. The van der Waals surface area contributed by atoms with Crippen LogP contribution in [-0.4, -0.2) is 31.0 Å². The number of benzene rings is 1. The summed E-state index contributed by atoms with van der Waals surface area (Å²) >= 11 is 0. The van der Waals surface area contributed by atoms with E-state index in [-0.39, 0.29) is 11.3 Å². The summed E-state index contributed by atoms with van der Waals surface area (Å²) in [5, 5.41) is 10.6. The van der Waals surface area contributed by atoms with Gasteiger partial charge in [0.1, 0.15) is 5.75 Å². The molecule has 2 rings (SSSR count). The molecule has 1 aromatic carbocycles. The third kappa shape index (κ3) is 3.51. The smallest absolute Gasteiger partial charge is 0.270 e. The second-order valence-corrected chi connectivity index (χ2v) is 4.46. The highest BCUT2D eigenvalue weighted by Gasteiger charge is 2.16. The molecule has 0 unspecified atom stereocenters. The van der Waals surface area contributed by atoms with Crippen molar-refractivity contribution in [1.82, 2.24) is 0 Å². The Morgan fingerprint density at radius 1 is 1.42 bits per heavy atom. The number of carbonyl (C=O) groups excluding carboxylic acids is 1. The minimum absolute atomic E-state index is 0.111. The molecular formula is C13H15NO5. The topological polar surface area (TPSA) is 78.7 Å². The zero-order chi connectivity index (χ0) is 13.7. The summed E-state index contributed by atoms with van der Waals surface area (Å²) in [6.45, 7) is 1.96. The van der Waals surface area contributed by atoms with Gasteiger partial charge in [-0.1, -0.05) is 0 Å². The van der Waals surface area contributed by atoms with E-state index in [4.69, 9.17) is 9.47 Å². The first kappa shape index (κ1) is 13.5. The second kappa shape index (κ2) is 6.29. The Labute approximate surface area is 110 Å². The van der Waals surface area contributed by atoms with Gasteiger partial charge >= 0.3 is 0 Å². The maximum absolute atomic E-state index is 10.9. The lowest BCUT2D eigenvalue weighted by molar-refractivity contribution is -0.384. The van der Waals surface area contributed by atoms with Crippen LogP contribution >= 0.6 is 0 Å². The van der Waals surface area contributed by atoms with E-state index >= 15 is 0 Å². The number of hydrogen-bond donors (Lipinski definition) is 0. The molecule has 0 bridgehead atoms. The van der Waals surface area contributed by atoms with Gasteiger partial charge in [-0.05, 0) is 24.8 Å². The van der Waals surface area contributed by atoms with Gasteiger partial charge in [0.15, 0.2) is 6.29 Å².